The van der Waals surface area contributed by atoms with Gasteiger partial charge in [-0.15, -0.1) is 11.3 Å². The molecule has 0 aliphatic carbocycles. The van der Waals surface area contributed by atoms with E-state index < -0.39 is 5.97 Å². The highest BCUT2D eigenvalue weighted by atomic mass is 35.5. The minimum Gasteiger partial charge on any atom is -0.478 e. The Labute approximate surface area is 129 Å². The Bertz CT molecular complexity index is 858. The van der Waals surface area contributed by atoms with E-state index in [2.05, 4.69) is 9.97 Å². The van der Waals surface area contributed by atoms with Gasteiger partial charge >= 0.3 is 5.97 Å². The molecule has 104 valence electrons. The summed E-state index contributed by atoms with van der Waals surface area (Å²) in [5, 5.41) is 10.0. The molecule has 6 heteroatoms. The monoisotopic (exact) mass is 316 g/mol. The van der Waals surface area contributed by atoms with Crippen LogP contribution in [0.25, 0.3) is 27.6 Å². The fraction of sp³-hybridized carbons (Fsp3) is 0. The van der Waals surface area contributed by atoms with E-state index >= 15 is 0 Å². The average molecular weight is 317 g/mol. The van der Waals surface area contributed by atoms with Gasteiger partial charge in [0.1, 0.15) is 0 Å². The van der Waals surface area contributed by atoms with Crippen LogP contribution in [0.3, 0.4) is 0 Å². The number of aliphatic carboxylic acids is 1. The fourth-order valence-electron chi connectivity index (χ4n) is 1.89. The summed E-state index contributed by atoms with van der Waals surface area (Å²) in [6.45, 7) is 0. The lowest BCUT2D eigenvalue weighted by atomic mass is 10.2. The second kappa shape index (κ2) is 5.63. The molecule has 0 saturated carbocycles. The summed E-state index contributed by atoms with van der Waals surface area (Å²) in [6.07, 6.45) is 6.03. The molecule has 0 amide bonds. The van der Waals surface area contributed by atoms with E-state index in [1.807, 2.05) is 18.2 Å². The second-order valence-corrected chi connectivity index (χ2v) is 5.78. The summed E-state index contributed by atoms with van der Waals surface area (Å²) in [5.74, 6) is -0.968. The highest BCUT2D eigenvalue weighted by molar-refractivity contribution is 7.16. The summed E-state index contributed by atoms with van der Waals surface area (Å²) in [4.78, 5) is 20.9. The van der Waals surface area contributed by atoms with E-state index in [9.17, 15) is 4.79 Å². The standard InChI is InChI=1S/C15H9ClN2O2S/c16-11-7-13(18-12-5-6-17-8-10(11)12)14-3-1-9(21-14)2-4-15(19)20/h1-8H,(H,19,20)/b4-2+. The molecule has 1 N–H and O–H groups in total. The number of rotatable bonds is 3. The van der Waals surface area contributed by atoms with Crippen LogP contribution >= 0.6 is 22.9 Å². The number of hydrogen-bond acceptors (Lipinski definition) is 4. The van der Waals surface area contributed by atoms with Crippen LogP contribution in [0.4, 0.5) is 0 Å². The lowest BCUT2D eigenvalue weighted by Gasteiger charge is -2.02. The lowest BCUT2D eigenvalue weighted by molar-refractivity contribution is -0.131. The molecular formula is C15H9ClN2O2S. The van der Waals surface area contributed by atoms with Crippen molar-refractivity contribution in [2.45, 2.75) is 0 Å². The van der Waals surface area contributed by atoms with Gasteiger partial charge in [0.05, 0.1) is 21.1 Å². The summed E-state index contributed by atoms with van der Waals surface area (Å²) in [7, 11) is 0. The van der Waals surface area contributed by atoms with Crippen molar-refractivity contribution in [1.29, 1.82) is 0 Å². The van der Waals surface area contributed by atoms with Gasteiger partial charge in [0.2, 0.25) is 0 Å². The van der Waals surface area contributed by atoms with E-state index in [4.69, 9.17) is 16.7 Å². The van der Waals surface area contributed by atoms with Crippen molar-refractivity contribution >= 4 is 45.9 Å². The zero-order valence-electron chi connectivity index (χ0n) is 10.7. The zero-order chi connectivity index (χ0) is 14.8. The lowest BCUT2D eigenvalue weighted by Crippen LogP contribution is -1.85. The Morgan fingerprint density at radius 1 is 1.33 bits per heavy atom. The Morgan fingerprint density at radius 3 is 3.00 bits per heavy atom. The van der Waals surface area contributed by atoms with Crippen LogP contribution < -0.4 is 0 Å². The molecule has 3 aromatic rings. The van der Waals surface area contributed by atoms with Gasteiger partial charge in [0.15, 0.2) is 0 Å². The van der Waals surface area contributed by atoms with Crippen molar-refractivity contribution in [3.8, 4) is 10.6 Å². The van der Waals surface area contributed by atoms with Gasteiger partial charge in [-0.25, -0.2) is 9.78 Å². The number of pyridine rings is 2. The second-order valence-electron chi connectivity index (χ2n) is 4.26. The first kappa shape index (κ1) is 13.7. The molecule has 0 fully saturated rings. The van der Waals surface area contributed by atoms with Crippen LogP contribution in [0.1, 0.15) is 4.88 Å². The van der Waals surface area contributed by atoms with Crippen LogP contribution in [-0.4, -0.2) is 21.0 Å². The number of fused-ring (bicyclic) bond motifs is 1. The van der Waals surface area contributed by atoms with E-state index in [0.717, 1.165) is 32.4 Å². The minimum atomic E-state index is -0.968. The fourth-order valence-corrected chi connectivity index (χ4v) is 3.01. The highest BCUT2D eigenvalue weighted by Crippen LogP contribution is 2.32. The van der Waals surface area contributed by atoms with Crippen LogP contribution in [0.15, 0.2) is 42.7 Å². The van der Waals surface area contributed by atoms with Crippen LogP contribution in [-0.2, 0) is 4.79 Å². The number of halogens is 1. The summed E-state index contributed by atoms with van der Waals surface area (Å²) in [6, 6.07) is 7.36. The quantitative estimate of drug-likeness (QED) is 0.739. The number of carboxylic acid groups (broad SMARTS) is 1. The molecule has 21 heavy (non-hydrogen) atoms. The largest absolute Gasteiger partial charge is 0.478 e. The van der Waals surface area contributed by atoms with Crippen LogP contribution in [0, 0.1) is 0 Å². The molecule has 4 nitrogen and oxygen atoms in total. The number of nitrogens with zero attached hydrogens (tertiary/aromatic N) is 2. The maximum atomic E-state index is 10.5. The normalized spacial score (nSPS) is 11.3. The minimum absolute atomic E-state index is 0.596. The molecule has 0 aromatic carbocycles. The van der Waals surface area contributed by atoms with Crippen molar-refractivity contribution in [1.82, 2.24) is 9.97 Å². The third-order valence-electron chi connectivity index (χ3n) is 2.83. The van der Waals surface area contributed by atoms with Crippen LogP contribution in [0.5, 0.6) is 0 Å². The Balaban J connectivity index is 2.03. The summed E-state index contributed by atoms with van der Waals surface area (Å²) < 4.78 is 0. The van der Waals surface area contributed by atoms with Gasteiger partial charge in [-0.05, 0) is 30.3 Å². The van der Waals surface area contributed by atoms with Crippen molar-refractivity contribution in [3.63, 3.8) is 0 Å². The molecule has 0 aliphatic rings. The van der Waals surface area contributed by atoms with E-state index in [1.54, 1.807) is 24.5 Å². The van der Waals surface area contributed by atoms with Crippen molar-refractivity contribution in [3.05, 3.63) is 52.6 Å². The summed E-state index contributed by atoms with van der Waals surface area (Å²) in [5.41, 5.74) is 1.54. The van der Waals surface area contributed by atoms with E-state index in [-0.39, 0.29) is 0 Å². The molecule has 3 rings (SSSR count). The van der Waals surface area contributed by atoms with Gasteiger partial charge in [-0.3, -0.25) is 4.98 Å². The topological polar surface area (TPSA) is 63.1 Å². The molecule has 3 heterocycles. The SMILES string of the molecule is O=C(O)/C=C/c1ccc(-c2cc(Cl)c3cnccc3n2)s1. The van der Waals surface area contributed by atoms with Crippen molar-refractivity contribution in [2.24, 2.45) is 0 Å². The van der Waals surface area contributed by atoms with Gasteiger partial charge in [0.25, 0.3) is 0 Å². The Kier molecular flexibility index (Phi) is 3.68. The molecule has 0 radical (unpaired) electrons. The maximum Gasteiger partial charge on any atom is 0.328 e. The molecule has 0 aliphatic heterocycles. The predicted molar refractivity (Wildman–Crippen MR) is 84.5 cm³/mol. The number of carbonyl (C=O) groups is 1. The predicted octanol–water partition coefficient (Wildman–Crippen LogP) is 4.11. The first-order valence-electron chi connectivity index (χ1n) is 6.05. The van der Waals surface area contributed by atoms with Crippen LogP contribution in [0.2, 0.25) is 5.02 Å². The van der Waals surface area contributed by atoms with E-state index in [0.29, 0.717) is 5.02 Å². The van der Waals surface area contributed by atoms with Gasteiger partial charge in [0, 0.05) is 28.7 Å². The molecule has 0 unspecified atom stereocenters. The molecule has 0 atom stereocenters. The van der Waals surface area contributed by atoms with Gasteiger partial charge < -0.3 is 5.11 Å². The highest BCUT2D eigenvalue weighted by Gasteiger charge is 2.08. The number of aromatic nitrogens is 2. The molecular weight excluding hydrogens is 308 g/mol. The maximum absolute atomic E-state index is 10.5. The first-order chi connectivity index (χ1) is 10.1. The zero-order valence-corrected chi connectivity index (χ0v) is 12.2. The Morgan fingerprint density at radius 2 is 2.19 bits per heavy atom. The first-order valence-corrected chi connectivity index (χ1v) is 7.24. The smallest absolute Gasteiger partial charge is 0.328 e. The third kappa shape index (κ3) is 2.94. The molecule has 0 spiro atoms. The number of thiophene rings is 1. The van der Waals surface area contributed by atoms with Crippen molar-refractivity contribution in [2.75, 3.05) is 0 Å². The van der Waals surface area contributed by atoms with E-state index in [1.165, 1.54) is 11.3 Å². The molecule has 3 aromatic heterocycles. The van der Waals surface area contributed by atoms with Gasteiger partial charge in [-0.1, -0.05) is 11.6 Å². The summed E-state index contributed by atoms with van der Waals surface area (Å²) >= 11 is 7.71. The Hall–Kier alpha value is -2.24. The van der Waals surface area contributed by atoms with Crippen molar-refractivity contribution < 1.29 is 9.90 Å². The average Bonchev–Trinajstić information content (AvgIpc) is 2.94. The molecule has 0 saturated heterocycles. The van der Waals surface area contributed by atoms with Gasteiger partial charge in [-0.2, -0.15) is 0 Å². The number of hydrogen-bond donors (Lipinski definition) is 1. The number of carboxylic acids is 1. The third-order valence-corrected chi connectivity index (χ3v) is 4.21. The molecule has 0 bridgehead atoms.